The number of rotatable bonds is 11. The maximum absolute atomic E-state index is 11.2. The molecule has 0 amide bonds. The van der Waals surface area contributed by atoms with Gasteiger partial charge in [0, 0.05) is 11.5 Å². The lowest BCUT2D eigenvalue weighted by Crippen LogP contribution is -2.34. The molecular weight excluding hydrogens is 352 g/mol. The molecule has 0 bridgehead atoms. The van der Waals surface area contributed by atoms with Gasteiger partial charge in [-0.3, -0.25) is 0 Å². The van der Waals surface area contributed by atoms with Crippen LogP contribution in [0, 0.1) is 0 Å². The first-order chi connectivity index (χ1) is 13.4. The highest BCUT2D eigenvalue weighted by molar-refractivity contribution is 5.31. The van der Waals surface area contributed by atoms with E-state index in [1.54, 1.807) is 24.3 Å². The lowest BCUT2D eigenvalue weighted by molar-refractivity contribution is -0.0426. The van der Waals surface area contributed by atoms with Crippen molar-refractivity contribution in [2.24, 2.45) is 0 Å². The Morgan fingerprint density at radius 3 is 2.36 bits per heavy atom. The maximum Gasteiger partial charge on any atom is 0.178 e. The molecule has 0 spiro atoms. The van der Waals surface area contributed by atoms with E-state index >= 15 is 0 Å². The molecule has 4 heteroatoms. The Hall–Kier alpha value is -1.88. The highest BCUT2D eigenvalue weighted by atomic mass is 16.5. The topological polar surface area (TPSA) is 69.9 Å². The molecule has 4 nitrogen and oxygen atoms in total. The molecule has 2 atom stereocenters. The SMILES string of the molecule is CCCCCC(O)(CC)C(C)c1cccc(COc2cccc(C(O)O)c2)c1. The summed E-state index contributed by atoms with van der Waals surface area (Å²) in [6, 6.07) is 15.0. The van der Waals surface area contributed by atoms with E-state index in [1.165, 1.54) is 0 Å². The summed E-state index contributed by atoms with van der Waals surface area (Å²) >= 11 is 0. The molecule has 0 aliphatic heterocycles. The van der Waals surface area contributed by atoms with E-state index in [-0.39, 0.29) is 5.92 Å². The summed E-state index contributed by atoms with van der Waals surface area (Å²) in [4.78, 5) is 0. The average Bonchev–Trinajstić information content (AvgIpc) is 2.72. The average molecular weight is 387 g/mol. The third kappa shape index (κ3) is 6.06. The van der Waals surface area contributed by atoms with E-state index in [2.05, 4.69) is 32.9 Å². The smallest absolute Gasteiger partial charge is 0.178 e. The summed E-state index contributed by atoms with van der Waals surface area (Å²) in [5, 5.41) is 29.7. The van der Waals surface area contributed by atoms with Crippen molar-refractivity contribution in [2.45, 2.75) is 77.3 Å². The summed E-state index contributed by atoms with van der Waals surface area (Å²) < 4.78 is 5.82. The lowest BCUT2D eigenvalue weighted by atomic mass is 9.78. The van der Waals surface area contributed by atoms with Gasteiger partial charge in [-0.25, -0.2) is 0 Å². The van der Waals surface area contributed by atoms with Crippen LogP contribution in [0.2, 0.25) is 0 Å². The summed E-state index contributed by atoms with van der Waals surface area (Å²) in [6.07, 6.45) is 3.37. The van der Waals surface area contributed by atoms with Crippen molar-refractivity contribution in [1.29, 1.82) is 0 Å². The number of benzene rings is 2. The zero-order valence-electron chi connectivity index (χ0n) is 17.3. The van der Waals surface area contributed by atoms with Crippen LogP contribution in [-0.2, 0) is 6.61 Å². The maximum atomic E-state index is 11.2. The molecule has 0 aliphatic carbocycles. The number of aliphatic hydroxyl groups is 3. The Morgan fingerprint density at radius 2 is 1.68 bits per heavy atom. The Balaban J connectivity index is 2.07. The van der Waals surface area contributed by atoms with Crippen molar-refractivity contribution in [3.05, 3.63) is 65.2 Å². The summed E-state index contributed by atoms with van der Waals surface area (Å²) in [7, 11) is 0. The van der Waals surface area contributed by atoms with Crippen LogP contribution in [-0.4, -0.2) is 20.9 Å². The Labute approximate surface area is 168 Å². The van der Waals surface area contributed by atoms with Crippen LogP contribution < -0.4 is 4.74 Å². The van der Waals surface area contributed by atoms with Gasteiger partial charge >= 0.3 is 0 Å². The molecular formula is C24H34O4. The monoisotopic (exact) mass is 386 g/mol. The summed E-state index contributed by atoms with van der Waals surface area (Å²) in [5.41, 5.74) is 1.84. The number of hydrogen-bond acceptors (Lipinski definition) is 4. The normalized spacial score (nSPS) is 14.7. The third-order valence-electron chi connectivity index (χ3n) is 5.64. The molecule has 0 radical (unpaired) electrons. The van der Waals surface area contributed by atoms with Crippen molar-refractivity contribution in [3.8, 4) is 5.75 Å². The van der Waals surface area contributed by atoms with Gasteiger partial charge in [-0.2, -0.15) is 0 Å². The van der Waals surface area contributed by atoms with Crippen LogP contribution >= 0.6 is 0 Å². The van der Waals surface area contributed by atoms with Gasteiger partial charge in [0.05, 0.1) is 5.60 Å². The van der Waals surface area contributed by atoms with Gasteiger partial charge in [0.25, 0.3) is 0 Å². The number of unbranched alkanes of at least 4 members (excludes halogenated alkanes) is 2. The Morgan fingerprint density at radius 1 is 0.964 bits per heavy atom. The van der Waals surface area contributed by atoms with E-state index in [9.17, 15) is 15.3 Å². The Bertz CT molecular complexity index is 728. The molecule has 0 saturated heterocycles. The van der Waals surface area contributed by atoms with Gasteiger partial charge in [0.1, 0.15) is 12.4 Å². The highest BCUT2D eigenvalue weighted by Crippen LogP contribution is 2.35. The molecule has 0 aromatic heterocycles. The van der Waals surface area contributed by atoms with Gasteiger partial charge in [-0.05, 0) is 36.1 Å². The largest absolute Gasteiger partial charge is 0.489 e. The van der Waals surface area contributed by atoms with Crippen LogP contribution in [0.15, 0.2) is 48.5 Å². The van der Waals surface area contributed by atoms with E-state index in [4.69, 9.17) is 4.74 Å². The van der Waals surface area contributed by atoms with Crippen molar-refractivity contribution in [3.63, 3.8) is 0 Å². The first-order valence-corrected chi connectivity index (χ1v) is 10.3. The Kier molecular flexibility index (Phi) is 8.49. The quantitative estimate of drug-likeness (QED) is 0.372. The summed E-state index contributed by atoms with van der Waals surface area (Å²) in [5.74, 6) is 0.635. The minimum Gasteiger partial charge on any atom is -0.489 e. The molecule has 2 rings (SSSR count). The van der Waals surface area contributed by atoms with Crippen LogP contribution in [0.25, 0.3) is 0 Å². The molecule has 154 valence electrons. The molecule has 28 heavy (non-hydrogen) atoms. The van der Waals surface area contributed by atoms with Crippen LogP contribution in [0.3, 0.4) is 0 Å². The van der Waals surface area contributed by atoms with Crippen LogP contribution in [0.4, 0.5) is 0 Å². The molecule has 0 saturated carbocycles. The van der Waals surface area contributed by atoms with Crippen molar-refractivity contribution in [2.75, 3.05) is 0 Å². The second-order valence-electron chi connectivity index (χ2n) is 7.62. The summed E-state index contributed by atoms with van der Waals surface area (Å²) in [6.45, 7) is 6.71. The number of ether oxygens (including phenoxy) is 1. The molecule has 2 aromatic carbocycles. The number of aliphatic hydroxyl groups excluding tert-OH is 1. The number of hydrogen-bond donors (Lipinski definition) is 3. The minimum absolute atomic E-state index is 0.0437. The fourth-order valence-electron chi connectivity index (χ4n) is 3.57. The zero-order valence-corrected chi connectivity index (χ0v) is 17.3. The molecule has 3 N–H and O–H groups in total. The van der Waals surface area contributed by atoms with Gasteiger partial charge in [-0.15, -0.1) is 0 Å². The van der Waals surface area contributed by atoms with Gasteiger partial charge in [0.15, 0.2) is 6.29 Å². The van der Waals surface area contributed by atoms with Crippen LogP contribution in [0.5, 0.6) is 5.75 Å². The van der Waals surface area contributed by atoms with Crippen molar-refractivity contribution in [1.82, 2.24) is 0 Å². The van der Waals surface area contributed by atoms with Gasteiger partial charge < -0.3 is 20.1 Å². The second-order valence-corrected chi connectivity index (χ2v) is 7.62. The van der Waals surface area contributed by atoms with Crippen molar-refractivity contribution < 1.29 is 20.1 Å². The fraction of sp³-hybridized carbons (Fsp3) is 0.500. The van der Waals surface area contributed by atoms with E-state index < -0.39 is 11.9 Å². The second kappa shape index (κ2) is 10.6. The lowest BCUT2D eigenvalue weighted by Gasteiger charge is -2.34. The van der Waals surface area contributed by atoms with Gasteiger partial charge in [-0.1, -0.05) is 76.4 Å². The first kappa shape index (κ1) is 22.4. The highest BCUT2D eigenvalue weighted by Gasteiger charge is 2.32. The minimum atomic E-state index is -1.51. The predicted octanol–water partition coefficient (Wildman–Crippen LogP) is 5.07. The van der Waals surface area contributed by atoms with E-state index in [1.807, 2.05) is 12.1 Å². The molecule has 0 heterocycles. The van der Waals surface area contributed by atoms with Crippen LogP contribution in [0.1, 0.15) is 81.8 Å². The van der Waals surface area contributed by atoms with E-state index in [0.717, 1.165) is 43.2 Å². The third-order valence-corrected chi connectivity index (χ3v) is 5.64. The first-order valence-electron chi connectivity index (χ1n) is 10.3. The molecule has 2 unspecified atom stereocenters. The fourth-order valence-corrected chi connectivity index (χ4v) is 3.57. The van der Waals surface area contributed by atoms with Crippen molar-refractivity contribution >= 4 is 0 Å². The zero-order chi connectivity index (χ0) is 20.6. The van der Waals surface area contributed by atoms with Gasteiger partial charge in [0.2, 0.25) is 0 Å². The molecule has 0 fully saturated rings. The molecule has 0 aliphatic rings. The predicted molar refractivity (Wildman–Crippen MR) is 112 cm³/mol. The molecule has 2 aromatic rings. The standard InChI is InChI=1S/C24H34O4/c1-4-6-7-14-24(27,5-2)18(3)20-11-8-10-19(15-20)17-28-22-13-9-12-21(16-22)23(25)26/h8-13,15-16,18,23,25-27H,4-7,14,17H2,1-3H3. The van der Waals surface area contributed by atoms with E-state index in [0.29, 0.717) is 17.9 Å².